The molecule has 0 N–H and O–H groups in total. The molecule has 0 aromatic carbocycles. The molecule has 0 saturated carbocycles. The monoisotopic (exact) mass is 297 g/mol. The fourth-order valence-electron chi connectivity index (χ4n) is 3.03. The summed E-state index contributed by atoms with van der Waals surface area (Å²) < 4.78 is 5.51. The average molecular weight is 297 g/mol. The van der Waals surface area contributed by atoms with Crippen molar-refractivity contribution in [3.05, 3.63) is 0 Å². The van der Waals surface area contributed by atoms with Gasteiger partial charge in [0.05, 0.1) is 6.10 Å². The minimum absolute atomic E-state index is 0.316. The van der Waals surface area contributed by atoms with Gasteiger partial charge in [-0.05, 0) is 50.9 Å². The Hall–Kier alpha value is -0.570. The highest BCUT2D eigenvalue weighted by molar-refractivity contribution is 5.76. The van der Waals surface area contributed by atoms with E-state index in [1.54, 1.807) is 0 Å². The summed E-state index contributed by atoms with van der Waals surface area (Å²) in [6, 6.07) is 0. The SMILES string of the molecule is CC(C)OCCCCCC(=O)N1CCC(C(C)(C)C)CC1. The normalized spacial score (nSPS) is 17.5. The van der Waals surface area contributed by atoms with Gasteiger partial charge in [-0.2, -0.15) is 0 Å². The highest BCUT2D eigenvalue weighted by Crippen LogP contribution is 2.34. The standard InChI is InChI=1S/C18H35NO2/c1-15(2)21-14-8-6-7-9-17(20)19-12-10-16(11-13-19)18(3,4)5/h15-16H,6-14H2,1-5H3. The molecule has 3 nitrogen and oxygen atoms in total. The molecule has 0 aromatic heterocycles. The lowest BCUT2D eigenvalue weighted by Gasteiger charge is -2.38. The van der Waals surface area contributed by atoms with Crippen molar-refractivity contribution in [2.24, 2.45) is 11.3 Å². The molecule has 3 heteroatoms. The second-order valence-electron chi connectivity index (χ2n) is 7.75. The van der Waals surface area contributed by atoms with E-state index in [-0.39, 0.29) is 0 Å². The lowest BCUT2D eigenvalue weighted by Crippen LogP contribution is -2.41. The second kappa shape index (κ2) is 8.77. The van der Waals surface area contributed by atoms with E-state index in [9.17, 15) is 4.79 Å². The van der Waals surface area contributed by atoms with Gasteiger partial charge in [-0.15, -0.1) is 0 Å². The van der Waals surface area contributed by atoms with Gasteiger partial charge in [-0.25, -0.2) is 0 Å². The Balaban J connectivity index is 2.11. The van der Waals surface area contributed by atoms with Crippen LogP contribution in [0, 0.1) is 11.3 Å². The quantitative estimate of drug-likeness (QED) is 0.657. The van der Waals surface area contributed by atoms with Gasteiger partial charge < -0.3 is 9.64 Å². The van der Waals surface area contributed by atoms with Crippen LogP contribution in [-0.2, 0) is 9.53 Å². The highest BCUT2D eigenvalue weighted by atomic mass is 16.5. The summed E-state index contributed by atoms with van der Waals surface area (Å²) in [6.45, 7) is 13.8. The molecule has 21 heavy (non-hydrogen) atoms. The van der Waals surface area contributed by atoms with Gasteiger partial charge in [0, 0.05) is 26.1 Å². The Morgan fingerprint density at radius 2 is 1.76 bits per heavy atom. The van der Waals surface area contributed by atoms with Gasteiger partial charge in [0.15, 0.2) is 0 Å². The van der Waals surface area contributed by atoms with Gasteiger partial charge in [0.25, 0.3) is 0 Å². The summed E-state index contributed by atoms with van der Waals surface area (Å²) >= 11 is 0. The highest BCUT2D eigenvalue weighted by Gasteiger charge is 2.29. The molecule has 1 aliphatic heterocycles. The smallest absolute Gasteiger partial charge is 0.222 e. The van der Waals surface area contributed by atoms with Crippen LogP contribution >= 0.6 is 0 Å². The molecule has 1 fully saturated rings. The van der Waals surface area contributed by atoms with Crippen molar-refractivity contribution in [1.82, 2.24) is 4.90 Å². The maximum Gasteiger partial charge on any atom is 0.222 e. The Kier molecular flexibility index (Phi) is 7.72. The Bertz CT molecular complexity index is 299. The average Bonchev–Trinajstić information content (AvgIpc) is 2.41. The van der Waals surface area contributed by atoms with Crippen LogP contribution in [0.4, 0.5) is 0 Å². The third kappa shape index (κ3) is 7.30. The van der Waals surface area contributed by atoms with Crippen LogP contribution < -0.4 is 0 Å². The molecule has 0 aromatic rings. The lowest BCUT2D eigenvalue weighted by molar-refractivity contribution is -0.133. The summed E-state index contributed by atoms with van der Waals surface area (Å²) in [6.07, 6.45) is 6.51. The van der Waals surface area contributed by atoms with Gasteiger partial charge in [-0.1, -0.05) is 27.2 Å². The number of piperidine rings is 1. The van der Waals surface area contributed by atoms with E-state index in [0.29, 0.717) is 23.8 Å². The first-order valence-electron chi connectivity index (χ1n) is 8.70. The van der Waals surface area contributed by atoms with Crippen molar-refractivity contribution < 1.29 is 9.53 Å². The molecule has 0 bridgehead atoms. The van der Waals surface area contributed by atoms with E-state index in [1.807, 2.05) is 0 Å². The van der Waals surface area contributed by atoms with E-state index in [0.717, 1.165) is 57.7 Å². The number of unbranched alkanes of at least 4 members (excludes halogenated alkanes) is 2. The molecule has 1 heterocycles. The Labute approximate surface area is 131 Å². The number of rotatable bonds is 7. The van der Waals surface area contributed by atoms with Crippen LogP contribution in [0.3, 0.4) is 0 Å². The fourth-order valence-corrected chi connectivity index (χ4v) is 3.03. The minimum Gasteiger partial charge on any atom is -0.379 e. The van der Waals surface area contributed by atoms with Crippen molar-refractivity contribution in [2.45, 2.75) is 79.2 Å². The van der Waals surface area contributed by atoms with E-state index in [1.165, 1.54) is 0 Å². The number of ether oxygens (including phenoxy) is 1. The first-order valence-corrected chi connectivity index (χ1v) is 8.70. The molecule has 0 spiro atoms. The number of hydrogen-bond donors (Lipinski definition) is 0. The summed E-state index contributed by atoms with van der Waals surface area (Å²) in [7, 11) is 0. The van der Waals surface area contributed by atoms with Crippen molar-refractivity contribution in [3.63, 3.8) is 0 Å². The van der Waals surface area contributed by atoms with E-state index < -0.39 is 0 Å². The van der Waals surface area contributed by atoms with Gasteiger partial charge in [0.1, 0.15) is 0 Å². The number of amides is 1. The third-order valence-electron chi connectivity index (χ3n) is 4.56. The van der Waals surface area contributed by atoms with Crippen LogP contribution in [0.2, 0.25) is 0 Å². The molecule has 124 valence electrons. The van der Waals surface area contributed by atoms with E-state index in [4.69, 9.17) is 4.74 Å². The minimum atomic E-state index is 0.316. The van der Waals surface area contributed by atoms with Crippen LogP contribution in [-0.4, -0.2) is 36.6 Å². The molecule has 0 aliphatic carbocycles. The predicted molar refractivity (Wildman–Crippen MR) is 88.3 cm³/mol. The fraction of sp³-hybridized carbons (Fsp3) is 0.944. The van der Waals surface area contributed by atoms with Crippen LogP contribution in [0.1, 0.15) is 73.1 Å². The summed E-state index contributed by atoms with van der Waals surface area (Å²) in [5, 5.41) is 0. The van der Waals surface area contributed by atoms with Crippen LogP contribution in [0.5, 0.6) is 0 Å². The Morgan fingerprint density at radius 3 is 2.29 bits per heavy atom. The van der Waals surface area contributed by atoms with Crippen molar-refractivity contribution in [2.75, 3.05) is 19.7 Å². The maximum atomic E-state index is 12.2. The zero-order valence-corrected chi connectivity index (χ0v) is 14.8. The molecule has 1 amide bonds. The summed E-state index contributed by atoms with van der Waals surface area (Å²) in [5.41, 5.74) is 0.381. The lowest BCUT2D eigenvalue weighted by atomic mass is 9.75. The predicted octanol–water partition coefficient (Wildman–Crippen LogP) is 4.26. The molecule has 0 atom stereocenters. The van der Waals surface area contributed by atoms with Crippen molar-refractivity contribution in [3.8, 4) is 0 Å². The molecular weight excluding hydrogens is 262 g/mol. The van der Waals surface area contributed by atoms with Crippen molar-refractivity contribution in [1.29, 1.82) is 0 Å². The number of nitrogens with zero attached hydrogens (tertiary/aromatic N) is 1. The summed E-state index contributed by atoms with van der Waals surface area (Å²) in [4.78, 5) is 14.3. The first-order chi connectivity index (χ1) is 9.80. The molecule has 0 unspecified atom stereocenters. The topological polar surface area (TPSA) is 29.5 Å². The summed E-state index contributed by atoms with van der Waals surface area (Å²) in [5.74, 6) is 1.11. The molecule has 0 radical (unpaired) electrons. The van der Waals surface area contributed by atoms with Gasteiger partial charge in [-0.3, -0.25) is 4.79 Å². The zero-order valence-electron chi connectivity index (χ0n) is 14.8. The molecule has 1 saturated heterocycles. The molecular formula is C18H35NO2. The van der Waals surface area contributed by atoms with E-state index in [2.05, 4.69) is 39.5 Å². The first kappa shape index (κ1) is 18.5. The third-order valence-corrected chi connectivity index (χ3v) is 4.56. The number of hydrogen-bond acceptors (Lipinski definition) is 2. The second-order valence-corrected chi connectivity index (χ2v) is 7.75. The molecule has 1 aliphatic rings. The maximum absolute atomic E-state index is 12.2. The van der Waals surface area contributed by atoms with Gasteiger partial charge >= 0.3 is 0 Å². The zero-order chi connectivity index (χ0) is 15.9. The van der Waals surface area contributed by atoms with Gasteiger partial charge in [0.2, 0.25) is 5.91 Å². The van der Waals surface area contributed by atoms with Crippen molar-refractivity contribution >= 4 is 5.91 Å². The van der Waals surface area contributed by atoms with Crippen LogP contribution in [0.15, 0.2) is 0 Å². The van der Waals surface area contributed by atoms with Crippen LogP contribution in [0.25, 0.3) is 0 Å². The Morgan fingerprint density at radius 1 is 1.14 bits per heavy atom. The number of carbonyl (C=O) groups excluding carboxylic acids is 1. The van der Waals surface area contributed by atoms with E-state index >= 15 is 0 Å². The largest absolute Gasteiger partial charge is 0.379 e. The number of likely N-dealkylation sites (tertiary alicyclic amines) is 1. The molecule has 1 rings (SSSR count). The number of carbonyl (C=O) groups is 1.